The van der Waals surface area contributed by atoms with Crippen molar-refractivity contribution in [3.8, 4) is 0 Å². The van der Waals surface area contributed by atoms with Crippen molar-refractivity contribution in [3.05, 3.63) is 29.8 Å². The molecule has 2 rings (SSSR count). The maximum Gasteiger partial charge on any atom is 0.220 e. The average molecular weight is 263 g/mol. The second kappa shape index (κ2) is 5.35. The third-order valence-corrected chi connectivity index (χ3v) is 4.14. The average Bonchev–Trinajstić information content (AvgIpc) is 3.08. The SMILES string of the molecule is CSc1ccccc1C1(NC(=O)CC(C)C)CC1. The Bertz CT molecular complexity index is 438. The molecule has 3 heteroatoms. The maximum atomic E-state index is 12.0. The quantitative estimate of drug-likeness (QED) is 0.823. The van der Waals surface area contributed by atoms with E-state index in [0.29, 0.717) is 12.3 Å². The lowest BCUT2D eigenvalue weighted by Crippen LogP contribution is -2.35. The van der Waals surface area contributed by atoms with Gasteiger partial charge in [-0.1, -0.05) is 32.0 Å². The third-order valence-electron chi connectivity index (χ3n) is 3.34. The molecular weight excluding hydrogens is 242 g/mol. The van der Waals surface area contributed by atoms with Gasteiger partial charge in [-0.15, -0.1) is 11.8 Å². The summed E-state index contributed by atoms with van der Waals surface area (Å²) in [5.74, 6) is 0.593. The van der Waals surface area contributed by atoms with Crippen LogP contribution in [0.15, 0.2) is 29.2 Å². The molecule has 0 bridgehead atoms. The van der Waals surface area contributed by atoms with Gasteiger partial charge in [-0.05, 0) is 36.6 Å². The minimum Gasteiger partial charge on any atom is -0.347 e. The molecular formula is C15H21NOS. The molecule has 0 spiro atoms. The molecule has 0 aromatic heterocycles. The van der Waals surface area contributed by atoms with Gasteiger partial charge in [0, 0.05) is 11.3 Å². The van der Waals surface area contributed by atoms with Crippen molar-refractivity contribution in [1.29, 1.82) is 0 Å². The zero-order chi connectivity index (χ0) is 13.2. The van der Waals surface area contributed by atoms with Gasteiger partial charge in [0.1, 0.15) is 0 Å². The number of rotatable bonds is 5. The lowest BCUT2D eigenvalue weighted by Gasteiger charge is -2.21. The number of thioether (sulfide) groups is 1. The van der Waals surface area contributed by atoms with Crippen molar-refractivity contribution in [2.45, 2.75) is 43.5 Å². The predicted octanol–water partition coefficient (Wildman–Crippen LogP) is 3.56. The first kappa shape index (κ1) is 13.5. The van der Waals surface area contributed by atoms with Gasteiger partial charge in [0.05, 0.1) is 5.54 Å². The van der Waals surface area contributed by atoms with Crippen LogP contribution in [0.5, 0.6) is 0 Å². The van der Waals surface area contributed by atoms with Crippen LogP contribution in [0.2, 0.25) is 0 Å². The fourth-order valence-electron chi connectivity index (χ4n) is 2.32. The number of hydrogen-bond donors (Lipinski definition) is 1. The molecule has 0 aliphatic heterocycles. The Balaban J connectivity index is 2.14. The van der Waals surface area contributed by atoms with Crippen LogP contribution in [0, 0.1) is 5.92 Å². The van der Waals surface area contributed by atoms with Crippen LogP contribution in [0.4, 0.5) is 0 Å². The van der Waals surface area contributed by atoms with Crippen molar-refractivity contribution < 1.29 is 4.79 Å². The zero-order valence-electron chi connectivity index (χ0n) is 11.3. The molecule has 0 heterocycles. The molecule has 0 saturated heterocycles. The topological polar surface area (TPSA) is 29.1 Å². The molecule has 1 aliphatic carbocycles. The number of hydrogen-bond acceptors (Lipinski definition) is 2. The fraction of sp³-hybridized carbons (Fsp3) is 0.533. The molecule has 0 unspecified atom stereocenters. The Morgan fingerprint density at radius 1 is 1.39 bits per heavy atom. The minimum absolute atomic E-state index is 0.0778. The molecule has 18 heavy (non-hydrogen) atoms. The maximum absolute atomic E-state index is 12.0. The predicted molar refractivity (Wildman–Crippen MR) is 76.7 cm³/mol. The van der Waals surface area contributed by atoms with Crippen molar-refractivity contribution >= 4 is 17.7 Å². The summed E-state index contributed by atoms with van der Waals surface area (Å²) in [6, 6.07) is 8.40. The Hall–Kier alpha value is -0.960. The van der Waals surface area contributed by atoms with Crippen molar-refractivity contribution in [1.82, 2.24) is 5.32 Å². The molecule has 1 aromatic rings. The van der Waals surface area contributed by atoms with Gasteiger partial charge in [-0.3, -0.25) is 4.79 Å². The van der Waals surface area contributed by atoms with E-state index in [1.54, 1.807) is 11.8 Å². The van der Waals surface area contributed by atoms with Crippen molar-refractivity contribution in [2.24, 2.45) is 5.92 Å². The van der Waals surface area contributed by atoms with E-state index < -0.39 is 0 Å². The molecule has 1 aromatic carbocycles. The molecule has 0 radical (unpaired) electrons. The monoisotopic (exact) mass is 263 g/mol. The summed E-state index contributed by atoms with van der Waals surface area (Å²) in [5.41, 5.74) is 1.21. The zero-order valence-corrected chi connectivity index (χ0v) is 12.1. The van der Waals surface area contributed by atoms with E-state index in [1.807, 2.05) is 0 Å². The molecule has 1 amide bonds. The summed E-state index contributed by atoms with van der Waals surface area (Å²) in [5, 5.41) is 3.24. The lowest BCUT2D eigenvalue weighted by atomic mass is 10.0. The van der Waals surface area contributed by atoms with Gasteiger partial charge in [0.2, 0.25) is 5.91 Å². The Labute approximate surface area is 114 Å². The van der Waals surface area contributed by atoms with E-state index >= 15 is 0 Å². The third kappa shape index (κ3) is 2.89. The van der Waals surface area contributed by atoms with E-state index in [2.05, 4.69) is 49.7 Å². The lowest BCUT2D eigenvalue weighted by molar-refractivity contribution is -0.122. The number of benzene rings is 1. The smallest absolute Gasteiger partial charge is 0.220 e. The fourth-order valence-corrected chi connectivity index (χ4v) is 3.01. The first-order valence-corrected chi connectivity index (χ1v) is 7.74. The van der Waals surface area contributed by atoms with Crippen LogP contribution in [0.25, 0.3) is 0 Å². The van der Waals surface area contributed by atoms with Gasteiger partial charge < -0.3 is 5.32 Å². The van der Waals surface area contributed by atoms with Gasteiger partial charge >= 0.3 is 0 Å². The second-order valence-electron chi connectivity index (χ2n) is 5.43. The van der Waals surface area contributed by atoms with Gasteiger partial charge in [0.25, 0.3) is 0 Å². The summed E-state index contributed by atoms with van der Waals surface area (Å²) < 4.78 is 0. The summed E-state index contributed by atoms with van der Waals surface area (Å²) in [6.07, 6.45) is 4.83. The van der Waals surface area contributed by atoms with E-state index in [-0.39, 0.29) is 11.4 Å². The number of nitrogens with one attached hydrogen (secondary N) is 1. The van der Waals surface area contributed by atoms with Gasteiger partial charge in [-0.25, -0.2) is 0 Å². The van der Waals surface area contributed by atoms with Crippen molar-refractivity contribution in [3.63, 3.8) is 0 Å². The highest BCUT2D eigenvalue weighted by molar-refractivity contribution is 7.98. The van der Waals surface area contributed by atoms with Crippen LogP contribution in [0.1, 0.15) is 38.7 Å². The van der Waals surface area contributed by atoms with Crippen LogP contribution in [-0.2, 0) is 10.3 Å². The largest absolute Gasteiger partial charge is 0.347 e. The molecule has 1 fully saturated rings. The Morgan fingerprint density at radius 2 is 2.06 bits per heavy atom. The summed E-state index contributed by atoms with van der Waals surface area (Å²) >= 11 is 1.75. The van der Waals surface area contributed by atoms with Crippen LogP contribution in [-0.4, -0.2) is 12.2 Å². The highest BCUT2D eigenvalue weighted by atomic mass is 32.2. The molecule has 1 N–H and O–H groups in total. The summed E-state index contributed by atoms with van der Waals surface area (Å²) in [6.45, 7) is 4.16. The first-order chi connectivity index (χ1) is 8.57. The van der Waals surface area contributed by atoms with Crippen LogP contribution >= 0.6 is 11.8 Å². The molecule has 2 nitrogen and oxygen atoms in total. The van der Waals surface area contributed by atoms with Crippen LogP contribution < -0.4 is 5.32 Å². The highest BCUT2D eigenvalue weighted by Crippen LogP contribution is 2.48. The van der Waals surface area contributed by atoms with E-state index in [4.69, 9.17) is 0 Å². The standard InChI is InChI=1S/C15H21NOS/c1-11(2)10-14(17)16-15(8-9-15)12-6-4-5-7-13(12)18-3/h4-7,11H,8-10H2,1-3H3,(H,16,17). The normalized spacial score (nSPS) is 16.7. The van der Waals surface area contributed by atoms with Crippen molar-refractivity contribution in [2.75, 3.05) is 6.26 Å². The van der Waals surface area contributed by atoms with Crippen LogP contribution in [0.3, 0.4) is 0 Å². The van der Waals surface area contributed by atoms with E-state index in [1.165, 1.54) is 10.5 Å². The first-order valence-electron chi connectivity index (χ1n) is 6.52. The number of carbonyl (C=O) groups excluding carboxylic acids is 1. The molecule has 1 saturated carbocycles. The second-order valence-corrected chi connectivity index (χ2v) is 6.28. The summed E-state index contributed by atoms with van der Waals surface area (Å²) in [7, 11) is 0. The summed E-state index contributed by atoms with van der Waals surface area (Å²) in [4.78, 5) is 13.2. The minimum atomic E-state index is -0.0778. The Kier molecular flexibility index (Phi) is 4.00. The van der Waals surface area contributed by atoms with Gasteiger partial charge in [0.15, 0.2) is 0 Å². The van der Waals surface area contributed by atoms with E-state index in [0.717, 1.165) is 12.8 Å². The molecule has 98 valence electrons. The van der Waals surface area contributed by atoms with E-state index in [9.17, 15) is 4.79 Å². The highest BCUT2D eigenvalue weighted by Gasteiger charge is 2.46. The number of carbonyl (C=O) groups is 1. The van der Waals surface area contributed by atoms with Gasteiger partial charge in [-0.2, -0.15) is 0 Å². The number of amides is 1. The Morgan fingerprint density at radius 3 is 2.61 bits per heavy atom. The molecule has 1 aliphatic rings. The molecule has 0 atom stereocenters.